The monoisotopic (exact) mass is 162 g/mol. The molecule has 64 valence electrons. The molecule has 0 aromatic heterocycles. The molecule has 0 saturated carbocycles. The zero-order valence-corrected chi connectivity index (χ0v) is 7.58. The summed E-state index contributed by atoms with van der Waals surface area (Å²) in [6.07, 6.45) is 2.75. The second-order valence-electron chi connectivity index (χ2n) is 2.86. The summed E-state index contributed by atoms with van der Waals surface area (Å²) in [5.41, 5.74) is 2.56. The van der Waals surface area contributed by atoms with Gasteiger partial charge in [-0.1, -0.05) is 30.3 Å². The molecule has 1 aromatic rings. The van der Waals surface area contributed by atoms with Crippen LogP contribution in [0.4, 0.5) is 0 Å². The molecule has 0 radical (unpaired) electrons. The molecule has 1 aromatic carbocycles. The van der Waals surface area contributed by atoms with E-state index in [-0.39, 0.29) is 0 Å². The van der Waals surface area contributed by atoms with Crippen molar-refractivity contribution in [3.63, 3.8) is 0 Å². The van der Waals surface area contributed by atoms with E-state index < -0.39 is 0 Å². The average molecular weight is 162 g/mol. The van der Waals surface area contributed by atoms with Crippen LogP contribution in [0.5, 0.6) is 0 Å². The second kappa shape index (κ2) is 4.60. The van der Waals surface area contributed by atoms with Gasteiger partial charge in [-0.3, -0.25) is 0 Å². The van der Waals surface area contributed by atoms with E-state index in [0.29, 0.717) is 0 Å². The first-order valence-electron chi connectivity index (χ1n) is 4.05. The Balaban J connectivity index is 2.58. The van der Waals surface area contributed by atoms with E-state index in [1.165, 1.54) is 11.1 Å². The Kier molecular flexibility index (Phi) is 3.39. The molecule has 0 aliphatic heterocycles. The van der Waals surface area contributed by atoms with E-state index in [1.807, 2.05) is 6.07 Å². The van der Waals surface area contributed by atoms with Crippen molar-refractivity contribution in [1.82, 2.24) is 0 Å². The van der Waals surface area contributed by atoms with Crippen molar-refractivity contribution >= 4 is 0 Å². The highest BCUT2D eigenvalue weighted by molar-refractivity contribution is 5.20. The molecule has 0 heterocycles. The van der Waals surface area contributed by atoms with Crippen molar-refractivity contribution in [2.75, 3.05) is 7.11 Å². The van der Waals surface area contributed by atoms with Crippen LogP contribution in [0.1, 0.15) is 12.5 Å². The average Bonchev–Trinajstić information content (AvgIpc) is 2.06. The molecule has 0 atom stereocenters. The Bertz CT molecular complexity index is 249. The van der Waals surface area contributed by atoms with Crippen LogP contribution in [0.15, 0.2) is 42.2 Å². The number of rotatable bonds is 3. The molecule has 1 rings (SSSR count). The third kappa shape index (κ3) is 2.79. The summed E-state index contributed by atoms with van der Waals surface area (Å²) in [6.45, 7) is 2.07. The van der Waals surface area contributed by atoms with Crippen LogP contribution >= 0.6 is 0 Å². The first-order valence-corrected chi connectivity index (χ1v) is 4.05. The third-order valence-corrected chi connectivity index (χ3v) is 1.64. The highest BCUT2D eigenvalue weighted by Gasteiger charge is 1.92. The molecule has 0 unspecified atom stereocenters. The van der Waals surface area contributed by atoms with Crippen LogP contribution in [0.2, 0.25) is 0 Å². The van der Waals surface area contributed by atoms with Gasteiger partial charge in [0.1, 0.15) is 0 Å². The first-order chi connectivity index (χ1) is 5.83. The van der Waals surface area contributed by atoms with Crippen LogP contribution in [0.3, 0.4) is 0 Å². The van der Waals surface area contributed by atoms with Crippen LogP contribution in [-0.4, -0.2) is 7.11 Å². The molecule has 0 fully saturated rings. The van der Waals surface area contributed by atoms with Crippen molar-refractivity contribution < 1.29 is 4.74 Å². The Morgan fingerprint density at radius 1 is 1.33 bits per heavy atom. The highest BCUT2D eigenvalue weighted by Crippen LogP contribution is 2.06. The smallest absolute Gasteiger partial charge is 0.0817 e. The minimum atomic E-state index is 0.967. The number of methoxy groups -OCH3 is 1. The summed E-state index contributed by atoms with van der Waals surface area (Å²) in [4.78, 5) is 0. The SMILES string of the molecule is CO/C=C(\C)Cc1ccccc1. The maximum Gasteiger partial charge on any atom is 0.0817 e. The molecular weight excluding hydrogens is 148 g/mol. The zero-order valence-electron chi connectivity index (χ0n) is 7.58. The van der Waals surface area contributed by atoms with Gasteiger partial charge in [-0.05, 0) is 24.5 Å². The van der Waals surface area contributed by atoms with Gasteiger partial charge in [0, 0.05) is 0 Å². The molecule has 1 nitrogen and oxygen atoms in total. The van der Waals surface area contributed by atoms with E-state index in [4.69, 9.17) is 4.74 Å². The fraction of sp³-hybridized carbons (Fsp3) is 0.273. The lowest BCUT2D eigenvalue weighted by Gasteiger charge is -2.00. The van der Waals surface area contributed by atoms with E-state index in [1.54, 1.807) is 13.4 Å². The lowest BCUT2D eigenvalue weighted by molar-refractivity contribution is 0.333. The third-order valence-electron chi connectivity index (χ3n) is 1.64. The predicted molar refractivity (Wildman–Crippen MR) is 50.9 cm³/mol. The Labute approximate surface area is 73.7 Å². The number of hydrogen-bond donors (Lipinski definition) is 0. The molecule has 0 bridgehead atoms. The minimum Gasteiger partial charge on any atom is -0.504 e. The van der Waals surface area contributed by atoms with Gasteiger partial charge in [0.05, 0.1) is 13.4 Å². The van der Waals surface area contributed by atoms with Gasteiger partial charge in [-0.2, -0.15) is 0 Å². The topological polar surface area (TPSA) is 9.23 Å². The molecule has 0 aliphatic rings. The van der Waals surface area contributed by atoms with E-state index >= 15 is 0 Å². The van der Waals surface area contributed by atoms with Gasteiger partial charge >= 0.3 is 0 Å². The van der Waals surface area contributed by atoms with Gasteiger partial charge in [0.2, 0.25) is 0 Å². The van der Waals surface area contributed by atoms with Crippen LogP contribution in [0, 0.1) is 0 Å². The summed E-state index contributed by atoms with van der Waals surface area (Å²) in [5.74, 6) is 0. The van der Waals surface area contributed by atoms with Gasteiger partial charge in [-0.15, -0.1) is 0 Å². The van der Waals surface area contributed by atoms with Crippen molar-refractivity contribution in [3.8, 4) is 0 Å². The molecule has 0 N–H and O–H groups in total. The van der Waals surface area contributed by atoms with Crippen molar-refractivity contribution in [3.05, 3.63) is 47.7 Å². The number of ether oxygens (including phenoxy) is 1. The lowest BCUT2D eigenvalue weighted by Crippen LogP contribution is -1.86. The van der Waals surface area contributed by atoms with Gasteiger partial charge in [0.25, 0.3) is 0 Å². The summed E-state index contributed by atoms with van der Waals surface area (Å²) >= 11 is 0. The molecule has 0 amide bonds. The van der Waals surface area contributed by atoms with E-state index in [0.717, 1.165) is 6.42 Å². The van der Waals surface area contributed by atoms with Crippen molar-refractivity contribution in [2.24, 2.45) is 0 Å². The van der Waals surface area contributed by atoms with Gasteiger partial charge in [0.15, 0.2) is 0 Å². The number of hydrogen-bond acceptors (Lipinski definition) is 1. The molecule has 1 heteroatoms. The maximum absolute atomic E-state index is 4.91. The predicted octanol–water partition coefficient (Wildman–Crippen LogP) is 2.78. The minimum absolute atomic E-state index is 0.967. The Hall–Kier alpha value is -1.24. The molecule has 0 aliphatic carbocycles. The fourth-order valence-corrected chi connectivity index (χ4v) is 1.16. The van der Waals surface area contributed by atoms with Crippen LogP contribution < -0.4 is 0 Å². The number of benzene rings is 1. The van der Waals surface area contributed by atoms with Crippen molar-refractivity contribution in [1.29, 1.82) is 0 Å². The summed E-state index contributed by atoms with van der Waals surface area (Å²) < 4.78 is 4.91. The summed E-state index contributed by atoms with van der Waals surface area (Å²) in [6, 6.07) is 10.4. The second-order valence-corrected chi connectivity index (χ2v) is 2.86. The van der Waals surface area contributed by atoms with E-state index in [9.17, 15) is 0 Å². The van der Waals surface area contributed by atoms with Crippen LogP contribution in [0.25, 0.3) is 0 Å². The normalized spacial score (nSPS) is 11.3. The van der Waals surface area contributed by atoms with Gasteiger partial charge < -0.3 is 4.74 Å². The molecule has 0 saturated heterocycles. The standard InChI is InChI=1S/C11H14O/c1-10(9-12-2)8-11-6-4-3-5-7-11/h3-7,9H,8H2,1-2H3/b10-9+. The zero-order chi connectivity index (χ0) is 8.81. The number of allylic oxidation sites excluding steroid dienone is 1. The largest absolute Gasteiger partial charge is 0.504 e. The van der Waals surface area contributed by atoms with E-state index in [2.05, 4.69) is 31.2 Å². The highest BCUT2D eigenvalue weighted by atomic mass is 16.5. The molecular formula is C11H14O. The molecule has 0 spiro atoms. The summed E-state index contributed by atoms with van der Waals surface area (Å²) in [7, 11) is 1.68. The fourth-order valence-electron chi connectivity index (χ4n) is 1.16. The van der Waals surface area contributed by atoms with Crippen LogP contribution in [-0.2, 0) is 11.2 Å². The summed E-state index contributed by atoms with van der Waals surface area (Å²) in [5, 5.41) is 0. The molecule has 12 heavy (non-hydrogen) atoms. The van der Waals surface area contributed by atoms with Crippen molar-refractivity contribution in [2.45, 2.75) is 13.3 Å². The Morgan fingerprint density at radius 3 is 2.58 bits per heavy atom. The van der Waals surface area contributed by atoms with Gasteiger partial charge in [-0.25, -0.2) is 0 Å². The lowest BCUT2D eigenvalue weighted by atomic mass is 10.1. The first kappa shape index (κ1) is 8.85. The Morgan fingerprint density at radius 2 is 2.00 bits per heavy atom. The maximum atomic E-state index is 4.91. The quantitative estimate of drug-likeness (QED) is 0.621.